The molecule has 1 aromatic carbocycles. The molecule has 0 aromatic heterocycles. The first-order valence-corrected chi connectivity index (χ1v) is 14.6. The van der Waals surface area contributed by atoms with Gasteiger partial charge in [0.15, 0.2) is 8.24 Å². The van der Waals surface area contributed by atoms with Crippen LogP contribution >= 0.6 is 0 Å². The molecule has 24 heavy (non-hydrogen) atoms. The molecule has 3 nitrogen and oxygen atoms in total. The Morgan fingerprint density at radius 1 is 0.917 bits per heavy atom. The maximum absolute atomic E-state index is 6.06. The van der Waals surface area contributed by atoms with E-state index in [0.717, 1.165) is 25.8 Å². The minimum Gasteiger partial charge on any atom is -0.397 e. The fourth-order valence-corrected chi connectivity index (χ4v) is 7.58. The van der Waals surface area contributed by atoms with Gasteiger partial charge in [-0.15, -0.1) is 0 Å². The van der Waals surface area contributed by atoms with Gasteiger partial charge in [0.25, 0.3) is 0 Å². The molecular formula is C19H37NO2Si2. The topological polar surface area (TPSA) is 21.7 Å². The first kappa shape index (κ1) is 21.4. The molecule has 0 heterocycles. The Hall–Kier alpha value is -0.626. The van der Waals surface area contributed by atoms with Gasteiger partial charge >= 0.3 is 8.56 Å². The number of benzene rings is 1. The monoisotopic (exact) mass is 367 g/mol. The van der Waals surface area contributed by atoms with Crippen LogP contribution in [0.2, 0.25) is 30.7 Å². The van der Waals surface area contributed by atoms with E-state index in [1.807, 2.05) is 0 Å². The quantitative estimate of drug-likeness (QED) is 0.527. The standard InChI is InChI=1S/C19H37NO2Si2/c1-9-21-24(8,22-10-2)17-16-20(18-14-12-11-13-15-18)23(6,7)19(3,4)5/h11-15H,9-10,16-17H2,1-8H3. The average Bonchev–Trinajstić information content (AvgIpc) is 2.47. The van der Waals surface area contributed by atoms with Gasteiger partial charge in [0.05, 0.1) is 0 Å². The molecule has 1 aromatic rings. The zero-order chi connectivity index (χ0) is 18.4. The Balaban J connectivity index is 3.07. The van der Waals surface area contributed by atoms with Gasteiger partial charge < -0.3 is 13.4 Å². The Morgan fingerprint density at radius 3 is 1.83 bits per heavy atom. The average molecular weight is 368 g/mol. The Labute approximate surface area is 151 Å². The lowest BCUT2D eigenvalue weighted by atomic mass is 10.2. The van der Waals surface area contributed by atoms with Crippen LogP contribution in [0.1, 0.15) is 34.6 Å². The van der Waals surface area contributed by atoms with E-state index in [0.29, 0.717) is 0 Å². The Kier molecular flexibility index (Phi) is 7.72. The lowest BCUT2D eigenvalue weighted by Crippen LogP contribution is -2.57. The lowest BCUT2D eigenvalue weighted by Gasteiger charge is -2.48. The predicted molar refractivity (Wildman–Crippen MR) is 111 cm³/mol. The van der Waals surface area contributed by atoms with Crippen LogP contribution in [0.5, 0.6) is 0 Å². The summed E-state index contributed by atoms with van der Waals surface area (Å²) in [5.74, 6) is 0. The van der Waals surface area contributed by atoms with Crippen LogP contribution in [0.25, 0.3) is 0 Å². The van der Waals surface area contributed by atoms with E-state index >= 15 is 0 Å². The van der Waals surface area contributed by atoms with Crippen molar-refractivity contribution in [3.05, 3.63) is 30.3 Å². The van der Waals surface area contributed by atoms with Gasteiger partial charge in [-0.1, -0.05) is 52.1 Å². The van der Waals surface area contributed by atoms with Crippen LogP contribution in [0.15, 0.2) is 30.3 Å². The molecule has 138 valence electrons. The smallest absolute Gasteiger partial charge is 0.336 e. The molecule has 0 atom stereocenters. The van der Waals surface area contributed by atoms with Crippen LogP contribution < -0.4 is 4.57 Å². The molecule has 1 rings (SSSR count). The highest BCUT2D eigenvalue weighted by molar-refractivity contribution is 6.83. The number of hydrogen-bond donors (Lipinski definition) is 0. The molecular weight excluding hydrogens is 330 g/mol. The summed E-state index contributed by atoms with van der Waals surface area (Å²) in [6, 6.07) is 11.8. The summed E-state index contributed by atoms with van der Waals surface area (Å²) in [5.41, 5.74) is 1.33. The molecule has 0 aliphatic heterocycles. The highest BCUT2D eigenvalue weighted by Crippen LogP contribution is 2.40. The number of rotatable bonds is 9. The van der Waals surface area contributed by atoms with E-state index in [1.54, 1.807) is 0 Å². The fourth-order valence-electron chi connectivity index (χ4n) is 2.86. The van der Waals surface area contributed by atoms with Gasteiger partial charge in [0.2, 0.25) is 0 Å². The number of anilines is 1. The molecule has 0 aliphatic carbocycles. The summed E-state index contributed by atoms with van der Waals surface area (Å²) >= 11 is 0. The van der Waals surface area contributed by atoms with E-state index in [2.05, 4.69) is 89.2 Å². The molecule has 0 saturated heterocycles. The summed E-state index contributed by atoms with van der Waals surface area (Å²) in [4.78, 5) is 0. The van der Waals surface area contributed by atoms with Crippen molar-refractivity contribution in [2.75, 3.05) is 24.3 Å². The van der Waals surface area contributed by atoms with E-state index in [4.69, 9.17) is 8.85 Å². The van der Waals surface area contributed by atoms with Crippen LogP contribution in [-0.2, 0) is 8.85 Å². The first-order chi connectivity index (χ1) is 11.1. The summed E-state index contributed by atoms with van der Waals surface area (Å²) in [5, 5.41) is 0.290. The van der Waals surface area contributed by atoms with Crippen molar-refractivity contribution in [2.45, 2.75) is 65.3 Å². The minimum absolute atomic E-state index is 0.290. The minimum atomic E-state index is -2.10. The van der Waals surface area contributed by atoms with E-state index < -0.39 is 16.8 Å². The predicted octanol–water partition coefficient (Wildman–Crippen LogP) is 5.64. The molecule has 5 heteroatoms. The Morgan fingerprint density at radius 2 is 1.42 bits per heavy atom. The van der Waals surface area contributed by atoms with E-state index in [1.165, 1.54) is 5.69 Å². The Bertz CT molecular complexity index is 480. The van der Waals surface area contributed by atoms with Gasteiger partial charge in [-0.05, 0) is 37.6 Å². The highest BCUT2D eigenvalue weighted by atomic mass is 28.4. The number of para-hydroxylation sites is 1. The summed E-state index contributed by atoms with van der Waals surface area (Å²) in [7, 11) is -3.78. The normalized spacial score (nSPS) is 13.2. The second-order valence-corrected chi connectivity index (χ2v) is 16.5. The summed E-state index contributed by atoms with van der Waals surface area (Å²) in [6.45, 7) is 20.9. The second-order valence-electron chi connectivity index (χ2n) is 8.05. The molecule has 0 fully saturated rings. The third kappa shape index (κ3) is 5.44. The summed E-state index contributed by atoms with van der Waals surface area (Å²) in [6.07, 6.45) is 0. The largest absolute Gasteiger partial charge is 0.397 e. The maximum Gasteiger partial charge on any atom is 0.336 e. The third-order valence-electron chi connectivity index (χ3n) is 5.27. The zero-order valence-corrected chi connectivity index (χ0v) is 19.0. The zero-order valence-electron chi connectivity index (χ0n) is 17.0. The van der Waals surface area contributed by atoms with Gasteiger partial charge in [0.1, 0.15) is 0 Å². The number of hydrogen-bond acceptors (Lipinski definition) is 3. The van der Waals surface area contributed by atoms with Crippen molar-refractivity contribution < 1.29 is 8.85 Å². The highest BCUT2D eigenvalue weighted by Gasteiger charge is 2.42. The molecule has 0 unspecified atom stereocenters. The van der Waals surface area contributed by atoms with Crippen molar-refractivity contribution in [2.24, 2.45) is 0 Å². The van der Waals surface area contributed by atoms with E-state index in [-0.39, 0.29) is 5.04 Å². The van der Waals surface area contributed by atoms with Crippen molar-refractivity contribution >= 4 is 22.5 Å². The SMILES string of the molecule is CCO[Si](C)(CCN(c1ccccc1)[Si](C)(C)C(C)(C)C)OCC. The van der Waals surface area contributed by atoms with Crippen molar-refractivity contribution in [3.8, 4) is 0 Å². The van der Waals surface area contributed by atoms with Crippen molar-refractivity contribution in [1.82, 2.24) is 0 Å². The van der Waals surface area contributed by atoms with Crippen molar-refractivity contribution in [1.29, 1.82) is 0 Å². The maximum atomic E-state index is 6.06. The van der Waals surface area contributed by atoms with Gasteiger partial charge in [0, 0.05) is 31.5 Å². The molecule has 0 radical (unpaired) electrons. The van der Waals surface area contributed by atoms with Gasteiger partial charge in [-0.2, -0.15) is 0 Å². The van der Waals surface area contributed by atoms with Crippen molar-refractivity contribution in [3.63, 3.8) is 0 Å². The molecule has 0 amide bonds. The fraction of sp³-hybridized carbons (Fsp3) is 0.684. The van der Waals surface area contributed by atoms with Crippen LogP contribution in [0.4, 0.5) is 5.69 Å². The first-order valence-electron chi connectivity index (χ1n) is 9.18. The molecule has 0 spiro atoms. The summed E-state index contributed by atoms with van der Waals surface area (Å²) < 4.78 is 14.8. The third-order valence-corrected chi connectivity index (χ3v) is 13.7. The molecule has 0 aliphatic rings. The number of nitrogens with zero attached hydrogens (tertiary/aromatic N) is 1. The van der Waals surface area contributed by atoms with Crippen LogP contribution in [0.3, 0.4) is 0 Å². The molecule has 0 bridgehead atoms. The second kappa shape index (κ2) is 8.65. The molecule has 0 saturated carbocycles. The van der Waals surface area contributed by atoms with Gasteiger partial charge in [-0.3, -0.25) is 0 Å². The lowest BCUT2D eigenvalue weighted by molar-refractivity contribution is 0.189. The van der Waals surface area contributed by atoms with Gasteiger partial charge in [-0.25, -0.2) is 0 Å². The van der Waals surface area contributed by atoms with Crippen LogP contribution in [-0.4, -0.2) is 36.6 Å². The van der Waals surface area contributed by atoms with E-state index in [9.17, 15) is 0 Å². The molecule has 0 N–H and O–H groups in total. The van der Waals surface area contributed by atoms with Crippen LogP contribution in [0, 0.1) is 0 Å².